The molecule has 2 aromatic heterocycles. The summed E-state index contributed by atoms with van der Waals surface area (Å²) in [6.07, 6.45) is 20.9. The maximum Gasteiger partial charge on any atom is 0.481 e. The maximum absolute atomic E-state index is 12.7. The van der Waals surface area contributed by atoms with Crippen molar-refractivity contribution in [2.24, 2.45) is 5.41 Å². The number of unbranched alkanes of at least 4 members (excludes halogenated alkanes) is 1. The maximum atomic E-state index is 12.7. The van der Waals surface area contributed by atoms with Crippen LogP contribution in [0.2, 0.25) is 0 Å². The van der Waals surface area contributed by atoms with Crippen LogP contribution < -0.4 is 16.4 Å². The molecule has 24 nitrogen and oxygen atoms in total. The number of nitrogens with zero attached hydrogens (tertiary/aromatic N) is 4. The highest BCUT2D eigenvalue weighted by Crippen LogP contribution is 2.61. The van der Waals surface area contributed by atoms with E-state index in [0.29, 0.717) is 18.6 Å². The summed E-state index contributed by atoms with van der Waals surface area (Å²) in [6, 6.07) is 0. The number of thioether (sulfide) groups is 1. The van der Waals surface area contributed by atoms with Gasteiger partial charge in [0.05, 0.1) is 19.5 Å². The van der Waals surface area contributed by atoms with Crippen molar-refractivity contribution in [1.29, 1.82) is 0 Å². The molecule has 0 aromatic carbocycles. The average Bonchev–Trinajstić information content (AvgIpc) is 3.84. The second-order valence-corrected chi connectivity index (χ2v) is 21.3. The minimum absolute atomic E-state index is 0.00790. The fourth-order valence-corrected chi connectivity index (χ4v) is 9.65. The third-order valence-corrected chi connectivity index (χ3v) is 13.7. The van der Waals surface area contributed by atoms with Crippen molar-refractivity contribution >= 4 is 69.1 Å². The highest BCUT2D eigenvalue weighted by atomic mass is 32.2. The van der Waals surface area contributed by atoms with Crippen LogP contribution in [0.25, 0.3) is 11.2 Å². The second-order valence-electron chi connectivity index (χ2n) is 15.9. The van der Waals surface area contributed by atoms with Gasteiger partial charge in [-0.1, -0.05) is 93.3 Å². The van der Waals surface area contributed by atoms with E-state index < -0.39 is 84.6 Å². The van der Waals surface area contributed by atoms with Crippen LogP contribution in [0.4, 0.5) is 5.82 Å². The number of ether oxygens (including phenoxy) is 1. The third-order valence-electron chi connectivity index (χ3n) is 9.67. The predicted octanol–water partition coefficient (Wildman–Crippen LogP) is 4.59. The third kappa shape index (κ3) is 22.5. The van der Waals surface area contributed by atoms with Crippen LogP contribution in [0.3, 0.4) is 0 Å². The zero-order chi connectivity index (χ0) is 51.1. The molecule has 0 bridgehead atoms. The smallest absolute Gasteiger partial charge is 0.386 e. The van der Waals surface area contributed by atoms with Gasteiger partial charge in [0.2, 0.25) is 11.8 Å². The molecular formula is C41H64N7O17P3S. The lowest BCUT2D eigenvalue weighted by Crippen LogP contribution is -2.46. The summed E-state index contributed by atoms with van der Waals surface area (Å²) in [6.45, 7) is 2.62. The van der Waals surface area contributed by atoms with Crippen LogP contribution in [-0.4, -0.2) is 123 Å². The topological polar surface area (TPSA) is 364 Å². The molecule has 386 valence electrons. The Balaban J connectivity index is 1.31. The van der Waals surface area contributed by atoms with Crippen LogP contribution in [0, 0.1) is 5.41 Å². The number of hydrogen-bond donors (Lipinski definition) is 9. The number of hydrogen-bond acceptors (Lipinski definition) is 18. The van der Waals surface area contributed by atoms with Crippen molar-refractivity contribution in [3.8, 4) is 0 Å². The number of aliphatic hydroxyl groups excluding tert-OH is 2. The standard InChI is InChI=1S/C41H64N7O17P3S/c1-4-5-6-7-8-9-10-11-12-13-14-15-16-17-18-19-20-21-32(50)69-25-24-43-31(49)22-23-44-39(53)36(52)41(2,3)27-62-68(59,60)65-67(57,58)61-26-30-35(64-66(54,55)56)34(51)40(63-30)48-29-47-33-37(42)45-28-46-38(33)48/h5-6,8-9,11-12,14-15,17-18,28-30,34-36,40,51-52H,4,7,10,13,16,19-27H2,1-3H3,(H,43,49)(H,44,53)(H,57,58)(H,59,60)(H2,42,45,46)(H2,54,55,56)/b6-5-,9-8-,12-11-,15-14-,18-17-/t30-,34+,35?,36+,40-/m1/s1. The molecule has 0 radical (unpaired) electrons. The first-order valence-electron chi connectivity index (χ1n) is 21.9. The van der Waals surface area contributed by atoms with Crippen LogP contribution >= 0.6 is 35.2 Å². The lowest BCUT2D eigenvalue weighted by molar-refractivity contribution is -0.137. The Bertz CT molecular complexity index is 2270. The summed E-state index contributed by atoms with van der Waals surface area (Å²) in [7, 11) is -16.4. The van der Waals surface area contributed by atoms with Crippen molar-refractivity contribution in [3.63, 3.8) is 0 Å². The van der Waals surface area contributed by atoms with E-state index in [1.54, 1.807) is 0 Å². The molecule has 0 spiro atoms. The number of phosphoric acid groups is 3. The van der Waals surface area contributed by atoms with Gasteiger partial charge in [-0.15, -0.1) is 0 Å². The van der Waals surface area contributed by atoms with Crippen LogP contribution in [0.15, 0.2) is 73.4 Å². The first-order valence-corrected chi connectivity index (χ1v) is 27.4. The Labute approximate surface area is 404 Å². The second kappa shape index (κ2) is 29.6. The SMILES string of the molecule is CC/C=C\C/C=C\C/C=C\C/C=C\C/C=C\CCCC(=O)SCCNC(=O)CCNC(=O)[C@H](O)C(C)(C)COP(=O)(O)OP(=O)(O)OC[C@H]1O[C@@H](n2cnc3c(N)ncnc32)[C@@H](O)C1OP(=O)(O)O. The number of nitrogen functional groups attached to an aromatic ring is 1. The van der Waals surface area contributed by atoms with Gasteiger partial charge >= 0.3 is 23.5 Å². The summed E-state index contributed by atoms with van der Waals surface area (Å²) in [5, 5.41) is 26.6. The van der Waals surface area contributed by atoms with Crippen LogP contribution in [0.5, 0.6) is 0 Å². The van der Waals surface area contributed by atoms with Gasteiger partial charge in [0, 0.05) is 37.1 Å². The minimum atomic E-state index is -5.58. The number of imidazole rings is 1. The van der Waals surface area contributed by atoms with Gasteiger partial charge in [0.15, 0.2) is 22.8 Å². The number of carbonyl (C=O) groups is 3. The van der Waals surface area contributed by atoms with Gasteiger partial charge < -0.3 is 50.9 Å². The van der Waals surface area contributed by atoms with Crippen molar-refractivity contribution in [2.45, 2.75) is 109 Å². The molecule has 2 amide bonds. The summed E-state index contributed by atoms with van der Waals surface area (Å²) in [5.74, 6) is -1.09. The van der Waals surface area contributed by atoms with Gasteiger partial charge in [-0.05, 0) is 44.9 Å². The Hall–Kier alpha value is -3.74. The Morgan fingerprint density at radius 1 is 0.884 bits per heavy atom. The lowest BCUT2D eigenvalue weighted by Gasteiger charge is -2.30. The number of rotatable bonds is 32. The fraction of sp³-hybridized carbons (Fsp3) is 0.561. The van der Waals surface area contributed by atoms with E-state index in [0.717, 1.165) is 67.5 Å². The quantitative estimate of drug-likeness (QED) is 0.0275. The van der Waals surface area contributed by atoms with E-state index in [-0.39, 0.29) is 41.6 Å². The number of phosphoric ester groups is 3. The number of aliphatic hydroxyl groups is 2. The van der Waals surface area contributed by atoms with Gasteiger partial charge in [-0.2, -0.15) is 4.31 Å². The fourth-order valence-electron chi connectivity index (χ4n) is 6.10. The van der Waals surface area contributed by atoms with Gasteiger partial charge in [0.1, 0.15) is 36.3 Å². The first kappa shape index (κ1) is 59.6. The summed E-state index contributed by atoms with van der Waals surface area (Å²) < 4.78 is 62.4. The molecule has 3 rings (SSSR count). The molecule has 1 fully saturated rings. The summed E-state index contributed by atoms with van der Waals surface area (Å²) in [4.78, 5) is 88.3. The minimum Gasteiger partial charge on any atom is -0.386 e. The zero-order valence-electron chi connectivity index (χ0n) is 38.5. The van der Waals surface area contributed by atoms with E-state index >= 15 is 0 Å². The largest absolute Gasteiger partial charge is 0.481 e. The van der Waals surface area contributed by atoms with Gasteiger partial charge in [-0.25, -0.2) is 28.6 Å². The van der Waals surface area contributed by atoms with Gasteiger partial charge in [-0.3, -0.25) is 32.5 Å². The molecular weight excluding hydrogens is 987 g/mol. The van der Waals surface area contributed by atoms with Gasteiger partial charge in [0.25, 0.3) is 0 Å². The number of anilines is 1. The highest BCUT2D eigenvalue weighted by Gasteiger charge is 2.50. The molecule has 7 atom stereocenters. The summed E-state index contributed by atoms with van der Waals surface area (Å²) >= 11 is 1.11. The summed E-state index contributed by atoms with van der Waals surface area (Å²) in [5.41, 5.74) is 4.27. The molecule has 0 aliphatic carbocycles. The molecule has 69 heavy (non-hydrogen) atoms. The zero-order valence-corrected chi connectivity index (χ0v) is 42.0. The van der Waals surface area contributed by atoms with Crippen molar-refractivity contribution < 1.29 is 80.5 Å². The van der Waals surface area contributed by atoms with E-state index in [9.17, 15) is 57.9 Å². The van der Waals surface area contributed by atoms with Crippen molar-refractivity contribution in [2.75, 3.05) is 37.8 Å². The number of aromatic nitrogens is 4. The Kier molecular flexibility index (Phi) is 25.5. The van der Waals surface area contributed by atoms with Crippen LogP contribution in [-0.2, 0) is 50.7 Å². The lowest BCUT2D eigenvalue weighted by atomic mass is 9.87. The molecule has 1 saturated heterocycles. The molecule has 3 unspecified atom stereocenters. The number of carbonyl (C=O) groups excluding carboxylic acids is 3. The first-order chi connectivity index (χ1) is 32.6. The normalized spacial score (nSPS) is 20.4. The van der Waals surface area contributed by atoms with Crippen molar-refractivity contribution in [3.05, 3.63) is 73.4 Å². The average molecular weight is 1050 g/mol. The predicted molar refractivity (Wildman–Crippen MR) is 255 cm³/mol. The molecule has 2 aromatic rings. The molecule has 28 heteroatoms. The number of amides is 2. The number of nitrogens with two attached hydrogens (primary N) is 1. The molecule has 3 heterocycles. The van der Waals surface area contributed by atoms with E-state index in [1.165, 1.54) is 13.8 Å². The highest BCUT2D eigenvalue weighted by molar-refractivity contribution is 8.13. The monoisotopic (exact) mass is 1050 g/mol. The molecule has 1 aliphatic rings. The number of allylic oxidation sites excluding steroid dienone is 10. The number of fused-ring (bicyclic) bond motifs is 1. The van der Waals surface area contributed by atoms with Crippen molar-refractivity contribution in [1.82, 2.24) is 30.2 Å². The molecule has 10 N–H and O–H groups in total. The molecule has 1 aliphatic heterocycles. The van der Waals surface area contributed by atoms with E-state index in [4.69, 9.17) is 19.5 Å². The number of nitrogens with one attached hydrogen (secondary N) is 2. The Morgan fingerprint density at radius 3 is 2.12 bits per heavy atom. The van der Waals surface area contributed by atoms with E-state index in [2.05, 4.69) is 102 Å². The van der Waals surface area contributed by atoms with E-state index in [1.807, 2.05) is 0 Å². The Morgan fingerprint density at radius 2 is 1.49 bits per heavy atom. The van der Waals surface area contributed by atoms with Crippen LogP contribution in [0.1, 0.15) is 84.8 Å². The molecule has 0 saturated carbocycles.